The van der Waals surface area contributed by atoms with Crippen LogP contribution in [0.2, 0.25) is 10.0 Å². The van der Waals surface area contributed by atoms with Crippen LogP contribution in [0.4, 0.5) is 4.79 Å². The number of benzene rings is 2. The standard InChI is InChI=1S/C37H38Cl2N6O6/c1-21(46)17-40-18-23-7-10-30(43-35(23)51-2)29-5-3-4-27(32(29)38)28-12-13-41-34(33(28)39)22-6-9-26-24(16-22)19-44(36(26)48)14-15-45(37(49)50)20-25-8-11-31(47)42-25/h3-7,9-10,12-13,16,21,25,40,46H,8,11,14-15,17-20H2,1-2H3,(H,42,47)(H,49,50). The summed E-state index contributed by atoms with van der Waals surface area (Å²) in [5.41, 5.74) is 6.08. The lowest BCUT2D eigenvalue weighted by Gasteiger charge is -2.25. The van der Waals surface area contributed by atoms with Crippen LogP contribution in [0.15, 0.2) is 60.8 Å². The Hall–Kier alpha value is -4.75. The van der Waals surface area contributed by atoms with Gasteiger partial charge in [-0.25, -0.2) is 9.78 Å². The molecule has 2 aromatic carbocycles. The van der Waals surface area contributed by atoms with Crippen molar-refractivity contribution in [1.82, 2.24) is 30.4 Å². The van der Waals surface area contributed by atoms with E-state index in [-0.39, 0.29) is 37.5 Å². The predicted molar refractivity (Wildman–Crippen MR) is 194 cm³/mol. The number of carbonyl (C=O) groups excluding carboxylic acids is 2. The zero-order chi connectivity index (χ0) is 36.2. The molecule has 3 amide bonds. The van der Waals surface area contributed by atoms with E-state index in [0.29, 0.717) is 82.0 Å². The van der Waals surface area contributed by atoms with Gasteiger partial charge < -0.3 is 35.4 Å². The molecule has 0 spiro atoms. The Morgan fingerprint density at radius 2 is 1.88 bits per heavy atom. The number of rotatable bonds is 13. The molecule has 0 aliphatic carbocycles. The minimum absolute atomic E-state index is 0.0815. The first kappa shape index (κ1) is 36.1. The number of carbonyl (C=O) groups is 3. The monoisotopic (exact) mass is 732 g/mol. The number of aromatic nitrogens is 2. The number of nitrogens with zero attached hydrogens (tertiary/aromatic N) is 4. The number of aliphatic hydroxyl groups excluding tert-OH is 1. The molecule has 2 aliphatic heterocycles. The largest absolute Gasteiger partial charge is 0.481 e. The van der Waals surface area contributed by atoms with Gasteiger partial charge in [-0.1, -0.05) is 53.5 Å². The summed E-state index contributed by atoms with van der Waals surface area (Å²) in [6.07, 6.45) is 1.06. The Kier molecular flexibility index (Phi) is 11.1. The first-order chi connectivity index (χ1) is 24.5. The number of hydrogen-bond donors (Lipinski definition) is 4. The molecular weight excluding hydrogens is 695 g/mol. The van der Waals surface area contributed by atoms with Crippen molar-refractivity contribution >= 4 is 41.1 Å². The highest BCUT2D eigenvalue weighted by molar-refractivity contribution is 6.39. The van der Waals surface area contributed by atoms with Crippen LogP contribution >= 0.6 is 23.2 Å². The van der Waals surface area contributed by atoms with Gasteiger partial charge in [-0.05, 0) is 43.2 Å². The van der Waals surface area contributed by atoms with Crippen molar-refractivity contribution in [2.24, 2.45) is 0 Å². The molecule has 6 rings (SSSR count). The summed E-state index contributed by atoms with van der Waals surface area (Å²) in [4.78, 5) is 48.9. The van der Waals surface area contributed by atoms with E-state index in [0.717, 1.165) is 16.7 Å². The third-order valence-electron chi connectivity index (χ3n) is 9.04. The summed E-state index contributed by atoms with van der Waals surface area (Å²) in [5.74, 6) is 0.187. The topological polar surface area (TPSA) is 157 Å². The van der Waals surface area contributed by atoms with Crippen LogP contribution < -0.4 is 15.4 Å². The maximum atomic E-state index is 13.3. The lowest BCUT2D eigenvalue weighted by Crippen LogP contribution is -2.44. The molecule has 4 N–H and O–H groups in total. The van der Waals surface area contributed by atoms with E-state index in [1.165, 1.54) is 4.90 Å². The molecule has 12 nitrogen and oxygen atoms in total. The van der Waals surface area contributed by atoms with Crippen LogP contribution in [0.1, 0.15) is 41.3 Å². The van der Waals surface area contributed by atoms with E-state index in [1.807, 2.05) is 36.4 Å². The molecule has 0 radical (unpaired) electrons. The second-order valence-corrected chi connectivity index (χ2v) is 13.4. The maximum Gasteiger partial charge on any atom is 0.407 e. The molecule has 2 atom stereocenters. The van der Waals surface area contributed by atoms with Crippen LogP contribution in [-0.2, 0) is 17.9 Å². The first-order valence-electron chi connectivity index (χ1n) is 16.6. The highest BCUT2D eigenvalue weighted by atomic mass is 35.5. The van der Waals surface area contributed by atoms with Gasteiger partial charge in [0.1, 0.15) is 0 Å². The maximum absolute atomic E-state index is 13.3. The number of amides is 3. The second kappa shape index (κ2) is 15.6. The average molecular weight is 734 g/mol. The summed E-state index contributed by atoms with van der Waals surface area (Å²) in [5, 5.41) is 26.1. The van der Waals surface area contributed by atoms with Crippen LogP contribution in [0, 0.1) is 0 Å². The van der Waals surface area contributed by atoms with E-state index in [2.05, 4.69) is 15.6 Å². The van der Waals surface area contributed by atoms with E-state index >= 15 is 0 Å². The molecule has 14 heteroatoms. The molecule has 2 unspecified atom stereocenters. The number of halogens is 2. The van der Waals surface area contributed by atoms with Crippen LogP contribution in [0.3, 0.4) is 0 Å². The molecule has 4 heterocycles. The zero-order valence-electron chi connectivity index (χ0n) is 28.2. The number of pyridine rings is 2. The molecule has 2 aliphatic rings. The third kappa shape index (κ3) is 7.94. The van der Waals surface area contributed by atoms with Crippen molar-refractivity contribution in [2.45, 2.75) is 45.0 Å². The summed E-state index contributed by atoms with van der Waals surface area (Å²) >= 11 is 14.1. The van der Waals surface area contributed by atoms with Gasteiger partial charge in [0, 0.05) is 91.3 Å². The highest BCUT2D eigenvalue weighted by Gasteiger charge is 2.30. The Morgan fingerprint density at radius 1 is 1.10 bits per heavy atom. The Labute approximate surface area is 305 Å². The fraction of sp³-hybridized carbons (Fsp3) is 0.324. The summed E-state index contributed by atoms with van der Waals surface area (Å²) in [6, 6.07) is 16.4. The number of nitrogens with one attached hydrogen (secondary N) is 2. The summed E-state index contributed by atoms with van der Waals surface area (Å²) in [7, 11) is 1.56. The minimum atomic E-state index is -1.10. The molecule has 1 fully saturated rings. The fourth-order valence-corrected chi connectivity index (χ4v) is 7.08. The molecular formula is C37H38Cl2N6O6. The average Bonchev–Trinajstić information content (AvgIpc) is 3.67. The second-order valence-electron chi connectivity index (χ2n) is 12.7. The van der Waals surface area contributed by atoms with Crippen LogP contribution in [0.25, 0.3) is 33.6 Å². The van der Waals surface area contributed by atoms with Gasteiger partial charge in [-0.3, -0.25) is 14.6 Å². The molecule has 0 bridgehead atoms. The minimum Gasteiger partial charge on any atom is -0.481 e. The number of hydrogen-bond acceptors (Lipinski definition) is 8. The van der Waals surface area contributed by atoms with Gasteiger partial charge in [-0.15, -0.1) is 0 Å². The van der Waals surface area contributed by atoms with E-state index in [4.69, 9.17) is 32.9 Å². The summed E-state index contributed by atoms with van der Waals surface area (Å²) in [6.45, 7) is 3.45. The fourth-order valence-electron chi connectivity index (χ4n) is 6.43. The van der Waals surface area contributed by atoms with E-state index < -0.39 is 12.2 Å². The van der Waals surface area contributed by atoms with Crippen molar-refractivity contribution in [3.63, 3.8) is 0 Å². The van der Waals surface area contributed by atoms with Crippen molar-refractivity contribution < 1.29 is 29.3 Å². The third-order valence-corrected chi connectivity index (χ3v) is 9.83. The number of ether oxygens (including phenoxy) is 1. The van der Waals surface area contributed by atoms with Crippen molar-refractivity contribution in [3.05, 3.63) is 87.5 Å². The molecule has 2 aromatic heterocycles. The van der Waals surface area contributed by atoms with E-state index in [1.54, 1.807) is 43.3 Å². The van der Waals surface area contributed by atoms with Crippen molar-refractivity contribution in [2.75, 3.05) is 33.3 Å². The molecule has 0 saturated carbocycles. The lowest BCUT2D eigenvalue weighted by atomic mass is 9.98. The van der Waals surface area contributed by atoms with Gasteiger partial charge in [-0.2, -0.15) is 0 Å². The Bertz CT molecular complexity index is 1970. The first-order valence-corrected chi connectivity index (χ1v) is 17.4. The lowest BCUT2D eigenvalue weighted by molar-refractivity contribution is -0.119. The van der Waals surface area contributed by atoms with Gasteiger partial charge in [0.15, 0.2) is 0 Å². The Morgan fingerprint density at radius 3 is 2.61 bits per heavy atom. The van der Waals surface area contributed by atoms with Crippen LogP contribution in [0.5, 0.6) is 5.88 Å². The van der Waals surface area contributed by atoms with Crippen molar-refractivity contribution in [1.29, 1.82) is 0 Å². The van der Waals surface area contributed by atoms with Gasteiger partial charge in [0.2, 0.25) is 11.8 Å². The number of methoxy groups -OCH3 is 1. The quantitative estimate of drug-likeness (QED) is 0.140. The van der Waals surface area contributed by atoms with Crippen molar-refractivity contribution in [3.8, 4) is 39.5 Å². The zero-order valence-corrected chi connectivity index (χ0v) is 29.7. The Balaban J connectivity index is 1.20. The number of aliphatic hydroxyl groups is 1. The van der Waals surface area contributed by atoms with Gasteiger partial charge >= 0.3 is 6.09 Å². The number of fused-ring (bicyclic) bond motifs is 1. The number of carboxylic acid groups (broad SMARTS) is 1. The van der Waals surface area contributed by atoms with Crippen LogP contribution in [-0.4, -0.2) is 93.3 Å². The predicted octanol–water partition coefficient (Wildman–Crippen LogP) is 5.48. The highest BCUT2D eigenvalue weighted by Crippen LogP contribution is 2.42. The molecule has 1 saturated heterocycles. The summed E-state index contributed by atoms with van der Waals surface area (Å²) < 4.78 is 5.56. The molecule has 51 heavy (non-hydrogen) atoms. The normalized spacial score (nSPS) is 15.9. The van der Waals surface area contributed by atoms with Gasteiger partial charge in [0.05, 0.1) is 34.6 Å². The van der Waals surface area contributed by atoms with E-state index in [9.17, 15) is 24.6 Å². The SMILES string of the molecule is COc1nc(-c2cccc(-c3ccnc(-c4ccc5c(c4)CN(CCN(CC4CCC(=O)N4)C(=O)O)C5=O)c3Cl)c2Cl)ccc1CNCC(C)O. The smallest absolute Gasteiger partial charge is 0.407 e. The molecule has 266 valence electrons. The molecule has 4 aromatic rings. The van der Waals surface area contributed by atoms with Gasteiger partial charge in [0.25, 0.3) is 5.91 Å².